The van der Waals surface area contributed by atoms with Crippen LogP contribution in [0.1, 0.15) is 32.1 Å². The monoisotopic (exact) mass is 294 g/mol. The topological polar surface area (TPSA) is 126 Å². The number of rotatable bonds is 7. The molecule has 0 aromatic heterocycles. The Bertz CT molecular complexity index is 404. The number of hydrogen-bond acceptors (Lipinski definition) is 5. The van der Waals surface area contributed by atoms with Crippen molar-refractivity contribution in [1.29, 1.82) is 0 Å². The molecular formula is C10H22N4O4S. The molecule has 1 fully saturated rings. The molecule has 0 aromatic rings. The first kappa shape index (κ1) is 16.2. The summed E-state index contributed by atoms with van der Waals surface area (Å²) in [6.45, 7) is 0.440. The summed E-state index contributed by atoms with van der Waals surface area (Å²) in [6, 6.07) is 0. The number of nitrogens with two attached hydrogens (primary N) is 1. The highest BCUT2D eigenvalue weighted by molar-refractivity contribution is 7.87. The third kappa shape index (κ3) is 4.60. The number of oxime groups is 1. The van der Waals surface area contributed by atoms with Gasteiger partial charge in [0.15, 0.2) is 5.84 Å². The third-order valence-electron chi connectivity index (χ3n) is 3.23. The van der Waals surface area contributed by atoms with E-state index in [9.17, 15) is 8.42 Å². The summed E-state index contributed by atoms with van der Waals surface area (Å²) < 4.78 is 33.5. The van der Waals surface area contributed by atoms with Gasteiger partial charge >= 0.3 is 0 Å². The molecule has 8 nitrogen and oxygen atoms in total. The minimum absolute atomic E-state index is 0.0932. The second kappa shape index (κ2) is 7.04. The van der Waals surface area contributed by atoms with Crippen LogP contribution >= 0.6 is 0 Å². The molecule has 0 unspecified atom stereocenters. The lowest BCUT2D eigenvalue weighted by molar-refractivity contribution is 0.204. The van der Waals surface area contributed by atoms with Gasteiger partial charge in [-0.3, -0.25) is 0 Å². The molecule has 0 aromatic carbocycles. The van der Waals surface area contributed by atoms with Gasteiger partial charge in [0.2, 0.25) is 0 Å². The highest BCUT2D eigenvalue weighted by atomic mass is 32.2. The van der Waals surface area contributed by atoms with Gasteiger partial charge in [0, 0.05) is 13.7 Å². The fourth-order valence-electron chi connectivity index (χ4n) is 2.23. The average molecular weight is 294 g/mol. The van der Waals surface area contributed by atoms with Crippen LogP contribution in [0.15, 0.2) is 5.16 Å². The largest absolute Gasteiger partial charge is 0.409 e. The van der Waals surface area contributed by atoms with E-state index in [1.165, 1.54) is 7.11 Å². The van der Waals surface area contributed by atoms with Crippen molar-refractivity contribution in [2.45, 2.75) is 37.6 Å². The first-order chi connectivity index (χ1) is 8.96. The zero-order valence-corrected chi connectivity index (χ0v) is 11.9. The van der Waals surface area contributed by atoms with E-state index in [4.69, 9.17) is 15.7 Å². The lowest BCUT2D eigenvalue weighted by atomic mass is 9.82. The molecule has 0 spiro atoms. The maximum absolute atomic E-state index is 11.9. The lowest BCUT2D eigenvalue weighted by Crippen LogP contribution is -2.60. The van der Waals surface area contributed by atoms with Gasteiger partial charge in [0.25, 0.3) is 10.2 Å². The van der Waals surface area contributed by atoms with E-state index < -0.39 is 15.7 Å². The number of nitrogens with one attached hydrogen (secondary N) is 2. The highest BCUT2D eigenvalue weighted by Gasteiger charge is 2.40. The van der Waals surface area contributed by atoms with Crippen molar-refractivity contribution in [1.82, 2.24) is 9.44 Å². The van der Waals surface area contributed by atoms with Crippen LogP contribution in [0, 0.1) is 0 Å². The number of hydrogen-bond donors (Lipinski definition) is 4. The van der Waals surface area contributed by atoms with E-state index in [2.05, 4.69) is 14.6 Å². The van der Waals surface area contributed by atoms with Crippen molar-refractivity contribution in [2.75, 3.05) is 20.3 Å². The first-order valence-electron chi connectivity index (χ1n) is 6.21. The summed E-state index contributed by atoms with van der Waals surface area (Å²) in [5.74, 6) is -0.0932. The minimum Gasteiger partial charge on any atom is -0.409 e. The zero-order valence-electron chi connectivity index (χ0n) is 11.1. The quantitative estimate of drug-likeness (QED) is 0.166. The molecular weight excluding hydrogens is 272 g/mol. The van der Waals surface area contributed by atoms with Gasteiger partial charge in [-0.15, -0.1) is 0 Å². The Morgan fingerprint density at radius 3 is 2.58 bits per heavy atom. The predicted molar refractivity (Wildman–Crippen MR) is 71.2 cm³/mol. The van der Waals surface area contributed by atoms with Crippen molar-refractivity contribution < 1.29 is 18.4 Å². The minimum atomic E-state index is -3.72. The molecule has 9 heteroatoms. The number of nitrogens with zero attached hydrogens (tertiary/aromatic N) is 1. The molecule has 0 bridgehead atoms. The van der Waals surface area contributed by atoms with Gasteiger partial charge in [-0.2, -0.15) is 17.9 Å². The zero-order chi connectivity index (χ0) is 14.4. The maximum atomic E-state index is 11.9. The fraction of sp³-hybridized carbons (Fsp3) is 0.900. The van der Waals surface area contributed by atoms with Gasteiger partial charge in [-0.1, -0.05) is 24.4 Å². The summed E-state index contributed by atoms with van der Waals surface area (Å²) in [5, 5.41) is 11.8. The molecule has 112 valence electrons. The molecule has 1 aliphatic rings. The van der Waals surface area contributed by atoms with Crippen LogP contribution in [-0.4, -0.2) is 45.3 Å². The Morgan fingerprint density at radius 2 is 2.05 bits per heavy atom. The molecule has 1 rings (SSSR count). The molecule has 0 heterocycles. The van der Waals surface area contributed by atoms with Crippen LogP contribution in [-0.2, 0) is 14.9 Å². The van der Waals surface area contributed by atoms with Crippen LogP contribution < -0.4 is 15.2 Å². The van der Waals surface area contributed by atoms with E-state index in [1.54, 1.807) is 0 Å². The molecule has 0 saturated heterocycles. The second-order valence-corrected chi connectivity index (χ2v) is 6.12. The van der Waals surface area contributed by atoms with Gasteiger partial charge < -0.3 is 15.7 Å². The molecule has 0 aliphatic heterocycles. The van der Waals surface area contributed by atoms with E-state index in [0.29, 0.717) is 12.8 Å². The van der Waals surface area contributed by atoms with Crippen LogP contribution in [0.4, 0.5) is 0 Å². The highest BCUT2D eigenvalue weighted by Crippen LogP contribution is 2.29. The molecule has 1 aliphatic carbocycles. The van der Waals surface area contributed by atoms with Crippen molar-refractivity contribution in [3.05, 3.63) is 0 Å². The second-order valence-electron chi connectivity index (χ2n) is 4.62. The fourth-order valence-corrected chi connectivity index (χ4v) is 3.48. The van der Waals surface area contributed by atoms with Gasteiger partial charge in [0.05, 0.1) is 12.1 Å². The number of methoxy groups -OCH3 is 1. The summed E-state index contributed by atoms with van der Waals surface area (Å²) in [6.07, 6.45) is 3.72. The Hall–Kier alpha value is -0.900. The van der Waals surface area contributed by atoms with Crippen LogP contribution in [0.5, 0.6) is 0 Å². The molecule has 0 radical (unpaired) electrons. The van der Waals surface area contributed by atoms with Crippen LogP contribution in [0.25, 0.3) is 0 Å². The molecule has 0 atom stereocenters. The van der Waals surface area contributed by atoms with Crippen LogP contribution in [0.2, 0.25) is 0 Å². The SMILES string of the molecule is COCCNS(=O)(=O)NC1(C(N)=NO)CCCCC1. The average Bonchev–Trinajstić information content (AvgIpc) is 2.38. The van der Waals surface area contributed by atoms with Crippen molar-refractivity contribution in [3.8, 4) is 0 Å². The van der Waals surface area contributed by atoms with Crippen molar-refractivity contribution in [3.63, 3.8) is 0 Å². The van der Waals surface area contributed by atoms with Gasteiger partial charge in [-0.05, 0) is 12.8 Å². The molecule has 1 saturated carbocycles. The summed E-state index contributed by atoms with van der Waals surface area (Å²) in [7, 11) is -2.23. The van der Waals surface area contributed by atoms with E-state index in [1.807, 2.05) is 0 Å². The number of ether oxygens (including phenoxy) is 1. The molecule has 0 amide bonds. The first-order valence-corrected chi connectivity index (χ1v) is 7.69. The predicted octanol–water partition coefficient (Wildman–Crippen LogP) is -0.494. The Balaban J connectivity index is 2.77. The van der Waals surface area contributed by atoms with Crippen LogP contribution in [0.3, 0.4) is 0 Å². The van der Waals surface area contributed by atoms with Crippen molar-refractivity contribution >= 4 is 16.0 Å². The van der Waals surface area contributed by atoms with E-state index in [0.717, 1.165) is 19.3 Å². The normalized spacial score (nSPS) is 20.4. The molecule has 5 N–H and O–H groups in total. The Morgan fingerprint density at radius 1 is 1.42 bits per heavy atom. The van der Waals surface area contributed by atoms with Gasteiger partial charge in [-0.25, -0.2) is 0 Å². The maximum Gasteiger partial charge on any atom is 0.277 e. The van der Waals surface area contributed by atoms with E-state index >= 15 is 0 Å². The third-order valence-corrected chi connectivity index (χ3v) is 4.48. The summed E-state index contributed by atoms with van der Waals surface area (Å²) >= 11 is 0. The van der Waals surface area contributed by atoms with E-state index in [-0.39, 0.29) is 19.0 Å². The lowest BCUT2D eigenvalue weighted by Gasteiger charge is -2.36. The number of amidine groups is 1. The Kier molecular flexibility index (Phi) is 5.98. The van der Waals surface area contributed by atoms with Gasteiger partial charge in [0.1, 0.15) is 0 Å². The van der Waals surface area contributed by atoms with Crippen molar-refractivity contribution in [2.24, 2.45) is 10.9 Å². The summed E-state index contributed by atoms with van der Waals surface area (Å²) in [5.41, 5.74) is 4.67. The standard InChI is InChI=1S/C10H22N4O4S/c1-18-8-7-12-19(16,17)14-10(9(11)13-15)5-3-2-4-6-10/h12,14-15H,2-8H2,1H3,(H2,11,13). The Labute approximate surface area is 113 Å². The summed E-state index contributed by atoms with van der Waals surface area (Å²) in [4.78, 5) is 0. The smallest absolute Gasteiger partial charge is 0.277 e. The molecule has 19 heavy (non-hydrogen) atoms.